The lowest BCUT2D eigenvalue weighted by Gasteiger charge is -2.31. The third-order valence-corrected chi connectivity index (χ3v) is 4.24. The average molecular weight is 279 g/mol. The van der Waals surface area contributed by atoms with Crippen molar-refractivity contribution in [2.24, 2.45) is 11.3 Å². The Labute approximate surface area is 124 Å². The van der Waals surface area contributed by atoms with Crippen LogP contribution in [0.5, 0.6) is 0 Å². The minimum atomic E-state index is -0.0923. The normalized spacial score (nSPS) is 15.2. The maximum atomic E-state index is 14.2. The van der Waals surface area contributed by atoms with Crippen LogP contribution in [-0.4, -0.2) is 6.54 Å². The standard InChI is InChI=1S/C18H30FN/c1-7-10-20-17(12-14(3)18(4,5)6)15-11-13(2)8-9-16(15)19/h8-9,11,14,17,20H,7,10,12H2,1-6H3. The van der Waals surface area contributed by atoms with E-state index < -0.39 is 0 Å². The molecule has 20 heavy (non-hydrogen) atoms. The van der Waals surface area contributed by atoms with E-state index in [1.54, 1.807) is 6.07 Å². The molecule has 0 radical (unpaired) electrons. The molecule has 0 amide bonds. The van der Waals surface area contributed by atoms with Crippen LogP contribution in [0.25, 0.3) is 0 Å². The van der Waals surface area contributed by atoms with Crippen molar-refractivity contribution in [2.45, 2.75) is 60.4 Å². The van der Waals surface area contributed by atoms with Gasteiger partial charge in [-0.05, 0) is 43.7 Å². The van der Waals surface area contributed by atoms with Crippen molar-refractivity contribution in [3.8, 4) is 0 Å². The lowest BCUT2D eigenvalue weighted by molar-refractivity contribution is 0.222. The monoisotopic (exact) mass is 279 g/mol. The minimum Gasteiger partial charge on any atom is -0.310 e. The van der Waals surface area contributed by atoms with Crippen LogP contribution in [0, 0.1) is 24.1 Å². The number of aryl methyl sites for hydroxylation is 1. The van der Waals surface area contributed by atoms with Gasteiger partial charge in [-0.3, -0.25) is 0 Å². The van der Waals surface area contributed by atoms with E-state index in [0.29, 0.717) is 5.92 Å². The van der Waals surface area contributed by atoms with Gasteiger partial charge in [0.1, 0.15) is 5.82 Å². The number of hydrogen-bond donors (Lipinski definition) is 1. The van der Waals surface area contributed by atoms with E-state index >= 15 is 0 Å². The van der Waals surface area contributed by atoms with E-state index in [-0.39, 0.29) is 17.3 Å². The van der Waals surface area contributed by atoms with Crippen LogP contribution in [0.4, 0.5) is 4.39 Å². The van der Waals surface area contributed by atoms with Crippen molar-refractivity contribution in [2.75, 3.05) is 6.54 Å². The van der Waals surface area contributed by atoms with E-state index in [1.807, 2.05) is 19.1 Å². The number of hydrogen-bond acceptors (Lipinski definition) is 1. The molecule has 0 aliphatic carbocycles. The van der Waals surface area contributed by atoms with Gasteiger partial charge < -0.3 is 5.32 Å². The highest BCUT2D eigenvalue weighted by molar-refractivity contribution is 5.27. The molecule has 114 valence electrons. The summed E-state index contributed by atoms with van der Waals surface area (Å²) >= 11 is 0. The molecule has 1 N–H and O–H groups in total. The van der Waals surface area contributed by atoms with Crippen LogP contribution < -0.4 is 5.32 Å². The second-order valence-corrected chi connectivity index (χ2v) is 7.03. The zero-order valence-corrected chi connectivity index (χ0v) is 13.9. The van der Waals surface area contributed by atoms with Crippen LogP contribution in [0.2, 0.25) is 0 Å². The van der Waals surface area contributed by atoms with E-state index in [4.69, 9.17) is 0 Å². The molecule has 0 aliphatic heterocycles. The van der Waals surface area contributed by atoms with E-state index in [1.165, 1.54) is 0 Å². The molecule has 0 aromatic heterocycles. The Kier molecular flexibility index (Phi) is 6.19. The average Bonchev–Trinajstić information content (AvgIpc) is 2.36. The molecule has 0 heterocycles. The van der Waals surface area contributed by atoms with Gasteiger partial charge in [0.15, 0.2) is 0 Å². The molecule has 0 saturated carbocycles. The molecule has 0 saturated heterocycles. The molecular formula is C18H30FN. The number of halogens is 1. The molecule has 2 atom stereocenters. The van der Waals surface area contributed by atoms with Crippen molar-refractivity contribution >= 4 is 0 Å². The first kappa shape index (κ1) is 17.2. The number of rotatable bonds is 6. The van der Waals surface area contributed by atoms with Crippen molar-refractivity contribution in [3.05, 3.63) is 35.1 Å². The molecule has 2 heteroatoms. The van der Waals surface area contributed by atoms with Gasteiger partial charge in [0.2, 0.25) is 0 Å². The topological polar surface area (TPSA) is 12.0 Å². The third kappa shape index (κ3) is 4.90. The summed E-state index contributed by atoms with van der Waals surface area (Å²) in [5.74, 6) is 0.432. The van der Waals surface area contributed by atoms with Gasteiger partial charge in [-0.1, -0.05) is 52.3 Å². The Morgan fingerprint density at radius 3 is 2.45 bits per heavy atom. The highest BCUT2D eigenvalue weighted by Crippen LogP contribution is 2.34. The summed E-state index contributed by atoms with van der Waals surface area (Å²) < 4.78 is 14.2. The Balaban J connectivity index is 2.96. The summed E-state index contributed by atoms with van der Waals surface area (Å²) in [5.41, 5.74) is 2.18. The van der Waals surface area contributed by atoms with Gasteiger partial charge in [0, 0.05) is 11.6 Å². The maximum absolute atomic E-state index is 14.2. The fourth-order valence-electron chi connectivity index (χ4n) is 2.28. The predicted molar refractivity (Wildman–Crippen MR) is 85.4 cm³/mol. The molecule has 1 aromatic rings. The summed E-state index contributed by atoms with van der Waals surface area (Å²) in [6, 6.07) is 5.51. The van der Waals surface area contributed by atoms with Gasteiger partial charge >= 0.3 is 0 Å². The number of nitrogens with one attached hydrogen (secondary N) is 1. The molecule has 0 aliphatic rings. The highest BCUT2D eigenvalue weighted by Gasteiger charge is 2.25. The smallest absolute Gasteiger partial charge is 0.127 e. The minimum absolute atomic E-state index is 0.0923. The van der Waals surface area contributed by atoms with Gasteiger partial charge in [0.25, 0.3) is 0 Å². The highest BCUT2D eigenvalue weighted by atomic mass is 19.1. The molecule has 0 spiro atoms. The second kappa shape index (κ2) is 7.21. The van der Waals surface area contributed by atoms with Crippen molar-refractivity contribution in [3.63, 3.8) is 0 Å². The van der Waals surface area contributed by atoms with Crippen molar-refractivity contribution in [1.29, 1.82) is 0 Å². The molecule has 0 bridgehead atoms. The second-order valence-electron chi connectivity index (χ2n) is 7.03. The first-order valence-electron chi connectivity index (χ1n) is 7.75. The summed E-state index contributed by atoms with van der Waals surface area (Å²) in [5, 5.41) is 3.52. The quantitative estimate of drug-likeness (QED) is 0.750. The fourth-order valence-corrected chi connectivity index (χ4v) is 2.28. The predicted octanol–water partition coefficient (Wildman–Crippen LogP) is 5.25. The summed E-state index contributed by atoms with van der Waals surface area (Å²) in [4.78, 5) is 0. The zero-order chi connectivity index (χ0) is 15.3. The SMILES string of the molecule is CCCNC(CC(C)C(C)(C)C)c1cc(C)ccc1F. The fraction of sp³-hybridized carbons (Fsp3) is 0.667. The lowest BCUT2D eigenvalue weighted by atomic mass is 9.77. The Morgan fingerprint density at radius 1 is 1.25 bits per heavy atom. The van der Waals surface area contributed by atoms with Gasteiger partial charge in [-0.15, -0.1) is 0 Å². The molecular weight excluding hydrogens is 249 g/mol. The zero-order valence-electron chi connectivity index (χ0n) is 13.9. The van der Waals surface area contributed by atoms with E-state index in [2.05, 4.69) is 39.9 Å². The largest absolute Gasteiger partial charge is 0.310 e. The van der Waals surface area contributed by atoms with Crippen LogP contribution in [0.3, 0.4) is 0 Å². The van der Waals surface area contributed by atoms with Crippen LogP contribution in [0.1, 0.15) is 64.6 Å². The first-order chi connectivity index (χ1) is 9.25. The Morgan fingerprint density at radius 2 is 1.90 bits per heavy atom. The molecule has 2 unspecified atom stereocenters. The maximum Gasteiger partial charge on any atom is 0.127 e. The van der Waals surface area contributed by atoms with Gasteiger partial charge in [0.05, 0.1) is 0 Å². The third-order valence-electron chi connectivity index (χ3n) is 4.24. The summed E-state index contributed by atoms with van der Waals surface area (Å²) in [6.45, 7) is 14.1. The molecule has 1 rings (SSSR count). The van der Waals surface area contributed by atoms with Crippen molar-refractivity contribution < 1.29 is 4.39 Å². The van der Waals surface area contributed by atoms with E-state index in [0.717, 1.165) is 30.5 Å². The van der Waals surface area contributed by atoms with Gasteiger partial charge in [-0.2, -0.15) is 0 Å². The van der Waals surface area contributed by atoms with E-state index in [9.17, 15) is 4.39 Å². The van der Waals surface area contributed by atoms with Crippen molar-refractivity contribution in [1.82, 2.24) is 5.32 Å². The summed E-state index contributed by atoms with van der Waals surface area (Å²) in [7, 11) is 0. The lowest BCUT2D eigenvalue weighted by Crippen LogP contribution is -2.28. The first-order valence-corrected chi connectivity index (χ1v) is 7.75. The van der Waals surface area contributed by atoms with Crippen LogP contribution in [-0.2, 0) is 0 Å². The van der Waals surface area contributed by atoms with Crippen LogP contribution in [0.15, 0.2) is 18.2 Å². The molecule has 1 aromatic carbocycles. The van der Waals surface area contributed by atoms with Gasteiger partial charge in [-0.25, -0.2) is 4.39 Å². The molecule has 1 nitrogen and oxygen atoms in total. The Bertz CT molecular complexity index is 420. The Hall–Kier alpha value is -0.890. The summed E-state index contributed by atoms with van der Waals surface area (Å²) in [6.07, 6.45) is 2.03. The number of benzene rings is 1. The molecule has 0 fully saturated rings. The van der Waals surface area contributed by atoms with Crippen LogP contribution >= 0.6 is 0 Å².